The molecule has 2 atom stereocenters. The molecule has 1 saturated heterocycles. The van der Waals surface area contributed by atoms with Gasteiger partial charge in [0.2, 0.25) is 0 Å². The van der Waals surface area contributed by atoms with Crippen LogP contribution in [0, 0.1) is 23.1 Å². The molecule has 0 aromatic heterocycles. The largest absolute Gasteiger partial charge is 0.465 e. The van der Waals surface area contributed by atoms with Crippen LogP contribution >= 0.6 is 0 Å². The van der Waals surface area contributed by atoms with Crippen molar-refractivity contribution >= 4 is 5.97 Å². The third-order valence-corrected chi connectivity index (χ3v) is 4.41. The molecule has 0 radical (unpaired) electrons. The molecule has 4 nitrogen and oxygen atoms in total. The molecule has 2 rings (SSSR count). The number of hydrogen-bond donors (Lipinski definition) is 0. The molecule has 0 unspecified atom stereocenters. The Kier molecular flexibility index (Phi) is 5.06. The minimum absolute atomic E-state index is 0.219. The molecular weight excluding hydrogens is 297 g/mol. The third-order valence-electron chi connectivity index (χ3n) is 4.41. The fourth-order valence-corrected chi connectivity index (χ4v) is 3.48. The fraction of sp³-hybridized carbons (Fsp3) is 0.556. The predicted octanol–water partition coefficient (Wildman–Crippen LogP) is 3.36. The molecule has 0 N–H and O–H groups in total. The van der Waals surface area contributed by atoms with Gasteiger partial charge in [0, 0.05) is 12.0 Å². The fourth-order valence-electron chi connectivity index (χ4n) is 3.48. The lowest BCUT2D eigenvalue weighted by Crippen LogP contribution is -2.50. The Morgan fingerprint density at radius 3 is 2.61 bits per heavy atom. The molecule has 5 heteroatoms. The van der Waals surface area contributed by atoms with Crippen molar-refractivity contribution in [2.24, 2.45) is 5.92 Å². The third kappa shape index (κ3) is 3.53. The molecule has 1 aromatic rings. The van der Waals surface area contributed by atoms with E-state index in [4.69, 9.17) is 9.47 Å². The summed E-state index contributed by atoms with van der Waals surface area (Å²) in [4.78, 5) is 12.4. The lowest BCUT2D eigenvalue weighted by atomic mass is 9.62. The number of nitriles is 1. The topological polar surface area (TPSA) is 59.3 Å². The van der Waals surface area contributed by atoms with Crippen LogP contribution in [0.25, 0.3) is 0 Å². The van der Waals surface area contributed by atoms with E-state index >= 15 is 0 Å². The number of hydrogen-bond acceptors (Lipinski definition) is 4. The number of halogens is 1. The number of benzene rings is 1. The number of carbonyl (C=O) groups is 1. The van der Waals surface area contributed by atoms with E-state index in [-0.39, 0.29) is 12.4 Å². The summed E-state index contributed by atoms with van der Waals surface area (Å²) < 4.78 is 24.2. The Labute approximate surface area is 136 Å². The van der Waals surface area contributed by atoms with Crippen molar-refractivity contribution in [3.8, 4) is 6.07 Å². The van der Waals surface area contributed by atoms with Gasteiger partial charge in [0.15, 0.2) is 5.92 Å². The number of ether oxygens (including phenoxy) is 2. The normalized spacial score (nSPS) is 24.5. The van der Waals surface area contributed by atoms with Crippen LogP contribution in [0.15, 0.2) is 24.3 Å². The molecule has 0 spiro atoms. The average molecular weight is 319 g/mol. The highest BCUT2D eigenvalue weighted by Gasteiger charge is 2.51. The van der Waals surface area contributed by atoms with Crippen LogP contribution in [0.2, 0.25) is 0 Å². The number of nitrogens with zero attached hydrogens (tertiary/aromatic N) is 1. The van der Waals surface area contributed by atoms with E-state index < -0.39 is 22.9 Å². The second-order valence-electron chi connectivity index (χ2n) is 6.51. The summed E-state index contributed by atoms with van der Waals surface area (Å²) >= 11 is 0. The molecule has 1 fully saturated rings. The van der Waals surface area contributed by atoms with E-state index in [2.05, 4.69) is 6.07 Å². The quantitative estimate of drug-likeness (QED) is 0.799. The molecule has 0 amide bonds. The highest BCUT2D eigenvalue weighted by Crippen LogP contribution is 2.47. The standard InChI is InChI=1S/C18H22FNO3/c1-4-22-16(21)15(11-20)18(9-10-23-17(2,3)12-18)13-5-7-14(19)8-6-13/h5-8,15H,4,9-10,12H2,1-3H3/t15-,18-/m0/s1. The van der Waals surface area contributed by atoms with Gasteiger partial charge in [0.05, 0.1) is 18.3 Å². The van der Waals surface area contributed by atoms with Crippen LogP contribution in [0.1, 0.15) is 39.2 Å². The van der Waals surface area contributed by atoms with Crippen molar-refractivity contribution in [1.29, 1.82) is 5.26 Å². The molecule has 0 aliphatic carbocycles. The first-order valence-electron chi connectivity index (χ1n) is 7.81. The van der Waals surface area contributed by atoms with Gasteiger partial charge in [-0.1, -0.05) is 12.1 Å². The first-order valence-corrected chi connectivity index (χ1v) is 7.81. The first-order chi connectivity index (χ1) is 10.8. The molecule has 1 heterocycles. The SMILES string of the molecule is CCOC(=O)[C@H](C#N)[C@@]1(c2ccc(F)cc2)CCOC(C)(C)C1. The van der Waals surface area contributed by atoms with Gasteiger partial charge in [-0.25, -0.2) is 4.39 Å². The first kappa shape index (κ1) is 17.4. The van der Waals surface area contributed by atoms with Crippen molar-refractivity contribution in [1.82, 2.24) is 0 Å². The van der Waals surface area contributed by atoms with Gasteiger partial charge >= 0.3 is 5.97 Å². The molecule has 0 bridgehead atoms. The van der Waals surface area contributed by atoms with Crippen LogP contribution in [0.4, 0.5) is 4.39 Å². The monoisotopic (exact) mass is 319 g/mol. The van der Waals surface area contributed by atoms with Crippen molar-refractivity contribution in [2.75, 3.05) is 13.2 Å². The van der Waals surface area contributed by atoms with Crippen LogP contribution in [0.3, 0.4) is 0 Å². The molecule has 1 aliphatic rings. The van der Waals surface area contributed by atoms with Crippen LogP contribution < -0.4 is 0 Å². The zero-order valence-electron chi connectivity index (χ0n) is 13.8. The van der Waals surface area contributed by atoms with Crippen molar-refractivity contribution < 1.29 is 18.7 Å². The number of carbonyl (C=O) groups excluding carboxylic acids is 1. The van der Waals surface area contributed by atoms with Gasteiger partial charge in [-0.2, -0.15) is 5.26 Å². The Morgan fingerprint density at radius 1 is 1.43 bits per heavy atom. The maximum Gasteiger partial charge on any atom is 0.324 e. The molecule has 1 aromatic carbocycles. The zero-order chi connectivity index (χ0) is 17.1. The number of esters is 1. The lowest BCUT2D eigenvalue weighted by molar-refractivity contribution is -0.153. The van der Waals surface area contributed by atoms with Gasteiger partial charge in [-0.15, -0.1) is 0 Å². The molecule has 124 valence electrons. The van der Waals surface area contributed by atoms with Crippen molar-refractivity contribution in [3.05, 3.63) is 35.6 Å². The van der Waals surface area contributed by atoms with Gasteiger partial charge in [0.25, 0.3) is 0 Å². The summed E-state index contributed by atoms with van der Waals surface area (Å²) in [6.45, 7) is 6.23. The van der Waals surface area contributed by atoms with E-state index in [1.807, 2.05) is 13.8 Å². The van der Waals surface area contributed by atoms with E-state index in [0.717, 1.165) is 5.56 Å². The van der Waals surface area contributed by atoms with Crippen molar-refractivity contribution in [3.63, 3.8) is 0 Å². The molecule has 1 aliphatic heterocycles. The van der Waals surface area contributed by atoms with E-state index in [9.17, 15) is 14.4 Å². The summed E-state index contributed by atoms with van der Waals surface area (Å²) in [6, 6.07) is 8.15. The lowest BCUT2D eigenvalue weighted by Gasteiger charge is -2.46. The Morgan fingerprint density at radius 2 is 2.09 bits per heavy atom. The van der Waals surface area contributed by atoms with Gasteiger partial charge < -0.3 is 9.47 Å². The molecule has 0 saturated carbocycles. The van der Waals surface area contributed by atoms with E-state index in [1.54, 1.807) is 19.1 Å². The Hall–Kier alpha value is -1.93. The summed E-state index contributed by atoms with van der Waals surface area (Å²) in [6.07, 6.45) is 1.00. The van der Waals surface area contributed by atoms with Gasteiger partial charge in [0.1, 0.15) is 5.82 Å². The Balaban J connectivity index is 2.52. The second kappa shape index (κ2) is 6.67. The van der Waals surface area contributed by atoms with E-state index in [0.29, 0.717) is 19.4 Å². The minimum Gasteiger partial charge on any atom is -0.465 e. The molecular formula is C18H22FNO3. The van der Waals surface area contributed by atoms with E-state index in [1.165, 1.54) is 12.1 Å². The maximum absolute atomic E-state index is 13.3. The Bertz CT molecular complexity index is 606. The predicted molar refractivity (Wildman–Crippen MR) is 83.1 cm³/mol. The van der Waals surface area contributed by atoms with Gasteiger partial charge in [-0.3, -0.25) is 4.79 Å². The van der Waals surface area contributed by atoms with Gasteiger partial charge in [-0.05, 0) is 51.3 Å². The highest BCUT2D eigenvalue weighted by atomic mass is 19.1. The average Bonchev–Trinajstić information content (AvgIpc) is 2.47. The smallest absolute Gasteiger partial charge is 0.324 e. The summed E-state index contributed by atoms with van der Waals surface area (Å²) in [7, 11) is 0. The maximum atomic E-state index is 13.3. The van der Waals surface area contributed by atoms with Crippen LogP contribution in [-0.4, -0.2) is 24.8 Å². The van der Waals surface area contributed by atoms with Crippen LogP contribution in [-0.2, 0) is 19.7 Å². The summed E-state index contributed by atoms with van der Waals surface area (Å²) in [5.41, 5.74) is -0.445. The van der Waals surface area contributed by atoms with Crippen LogP contribution in [0.5, 0.6) is 0 Å². The summed E-state index contributed by atoms with van der Waals surface area (Å²) in [5.74, 6) is -1.83. The van der Waals surface area contributed by atoms with Crippen molar-refractivity contribution in [2.45, 2.75) is 44.6 Å². The minimum atomic E-state index is -0.948. The summed E-state index contributed by atoms with van der Waals surface area (Å²) in [5, 5.41) is 9.66. The highest BCUT2D eigenvalue weighted by molar-refractivity contribution is 5.77. The second-order valence-corrected chi connectivity index (χ2v) is 6.51. The zero-order valence-corrected chi connectivity index (χ0v) is 13.8. The molecule has 23 heavy (non-hydrogen) atoms. The number of rotatable bonds is 4.